The number of carbonyl (C=O) groups is 4. The Morgan fingerprint density at radius 2 is 1.37 bits per heavy atom. The molecule has 5 aromatic heterocycles. The van der Waals surface area contributed by atoms with Crippen LogP contribution in [0.15, 0.2) is 35.3 Å². The van der Waals surface area contributed by atoms with Gasteiger partial charge in [-0.3, -0.25) is 34.6 Å². The lowest BCUT2D eigenvalue weighted by molar-refractivity contribution is -0.151. The van der Waals surface area contributed by atoms with Crippen molar-refractivity contribution in [2.24, 2.45) is 11.5 Å². The van der Waals surface area contributed by atoms with Gasteiger partial charge in [0.25, 0.3) is 5.91 Å². The minimum Gasteiger partial charge on any atom is -0.480 e. The van der Waals surface area contributed by atoms with Gasteiger partial charge in [0.1, 0.15) is 35.7 Å². The number of thiophene rings is 2. The molecule has 7 heterocycles. The number of aromatic nitrogens is 4. The highest BCUT2D eigenvalue weighted by Crippen LogP contribution is 2.37. The number of amides is 2. The lowest BCUT2D eigenvalue weighted by atomic mass is 10.0. The minimum absolute atomic E-state index is 0. The largest absolute Gasteiger partial charge is 0.480 e. The van der Waals surface area contributed by atoms with Crippen LogP contribution in [0.5, 0.6) is 0 Å². The maximum absolute atomic E-state index is 10.2. The molecule has 9 atom stereocenters. The molecule has 2 fully saturated rings. The number of nitrogens with two attached hydrogens (primary N) is 3. The smallest absolute Gasteiger partial charge is 0.303 e. The van der Waals surface area contributed by atoms with E-state index >= 15 is 0 Å². The van der Waals surface area contributed by atoms with Crippen LogP contribution in [0.4, 0.5) is 11.4 Å². The van der Waals surface area contributed by atoms with Crippen LogP contribution in [0.1, 0.15) is 119 Å². The van der Waals surface area contributed by atoms with Gasteiger partial charge in [-0.25, -0.2) is 4.98 Å². The molecule has 416 valence electrons. The summed E-state index contributed by atoms with van der Waals surface area (Å²) in [6.07, 6.45) is 4.23. The molecule has 5 aromatic rings. The van der Waals surface area contributed by atoms with Gasteiger partial charge in [0.15, 0.2) is 12.2 Å². The average molecular weight is 1100 g/mol. The highest BCUT2D eigenvalue weighted by Gasteiger charge is 2.29. The van der Waals surface area contributed by atoms with Gasteiger partial charge >= 0.3 is 11.9 Å². The molecule has 26 heteroatoms. The fourth-order valence-electron chi connectivity index (χ4n) is 6.74. The Balaban J connectivity index is 0.000000497. The third-order valence-corrected chi connectivity index (χ3v) is 12.3. The molecule has 2 unspecified atom stereocenters. The molecule has 0 bridgehead atoms. The predicted molar refractivity (Wildman–Crippen MR) is 288 cm³/mol. The molecule has 2 amide bonds. The van der Waals surface area contributed by atoms with E-state index in [1.807, 2.05) is 22.9 Å². The third-order valence-electron chi connectivity index (χ3n) is 10.5. The Hall–Kier alpha value is -7.09. The van der Waals surface area contributed by atoms with E-state index in [2.05, 4.69) is 56.9 Å². The van der Waals surface area contributed by atoms with Gasteiger partial charge in [-0.2, -0.15) is 15.8 Å². The number of ether oxygens (including phenoxy) is 5. The van der Waals surface area contributed by atoms with Crippen LogP contribution in [0.25, 0.3) is 31.5 Å². The molecule has 0 aliphatic carbocycles. The first-order chi connectivity index (χ1) is 35.5. The number of nitrogen functional groups attached to an aromatic ring is 1. The highest BCUT2D eigenvalue weighted by atomic mass is 32.1. The molecule has 2 saturated heterocycles. The Kier molecular flexibility index (Phi) is 30.4. The Bertz CT molecular complexity index is 2740. The van der Waals surface area contributed by atoms with E-state index in [0.29, 0.717) is 44.2 Å². The Morgan fingerprint density at radius 1 is 0.829 bits per heavy atom. The summed E-state index contributed by atoms with van der Waals surface area (Å²) in [5.74, 6) is -1.65. The first kappa shape index (κ1) is 66.9. The van der Waals surface area contributed by atoms with Crippen LogP contribution >= 0.6 is 22.7 Å². The molecule has 76 heavy (non-hydrogen) atoms. The second-order valence-electron chi connectivity index (χ2n) is 16.7. The van der Waals surface area contributed by atoms with Gasteiger partial charge in [0.05, 0.1) is 113 Å². The van der Waals surface area contributed by atoms with Crippen molar-refractivity contribution >= 4 is 95.2 Å². The van der Waals surface area contributed by atoms with E-state index in [-0.39, 0.29) is 37.6 Å². The van der Waals surface area contributed by atoms with Gasteiger partial charge in [-0.05, 0) is 90.1 Å². The zero-order valence-corrected chi connectivity index (χ0v) is 44.9. The van der Waals surface area contributed by atoms with Crippen molar-refractivity contribution in [3.05, 3.63) is 41.1 Å². The number of esters is 2. The SMILES string of the molecule is C.CC(=O)O[C@H](C)C#N.CC(=O)O[C@H](C)C(N)=O.CCOC(=N)[C@@H](C)O.C[C@@H](O)C(N)=O.C[C@@H](O)c1nc2cnc3ccsc3c2n1[C@H]1CCC(CC#N)OC1.N#CCC1CC[C@H](Nc2c(N)cnc3ccsc23)CO1. The number of aliphatic hydroxyl groups is 3. The minimum atomic E-state index is -1.01. The monoisotopic (exact) mass is 1100 g/mol. The third kappa shape index (κ3) is 22.4. The number of nitrogens with one attached hydrogen (secondary N) is 2. The summed E-state index contributed by atoms with van der Waals surface area (Å²) in [6, 6.07) is 10.4. The number of imidazole rings is 1. The summed E-state index contributed by atoms with van der Waals surface area (Å²) in [5.41, 5.74) is 20.7. The average Bonchev–Trinajstić information content (AvgIpc) is 4.14. The predicted octanol–water partition coefficient (Wildman–Crippen LogP) is 5.84. The second-order valence-corrected chi connectivity index (χ2v) is 18.6. The zero-order valence-electron chi connectivity index (χ0n) is 43.2. The summed E-state index contributed by atoms with van der Waals surface area (Å²) >= 11 is 3.28. The molecule has 7 rings (SSSR count). The van der Waals surface area contributed by atoms with Gasteiger partial charge in [-0.15, -0.1) is 22.7 Å². The first-order valence-electron chi connectivity index (χ1n) is 23.7. The van der Waals surface area contributed by atoms with E-state index in [9.17, 15) is 24.3 Å². The number of pyridine rings is 2. The van der Waals surface area contributed by atoms with E-state index in [4.69, 9.17) is 52.3 Å². The maximum Gasteiger partial charge on any atom is 0.303 e. The topological polar surface area (TPSA) is 404 Å². The van der Waals surface area contributed by atoms with Crippen molar-refractivity contribution in [3.63, 3.8) is 0 Å². The van der Waals surface area contributed by atoms with Crippen molar-refractivity contribution in [2.45, 2.75) is 156 Å². The van der Waals surface area contributed by atoms with E-state index in [1.165, 1.54) is 41.5 Å². The van der Waals surface area contributed by atoms with Gasteiger partial charge in [-0.1, -0.05) is 7.43 Å². The summed E-state index contributed by atoms with van der Waals surface area (Å²) in [5, 5.41) is 66.9. The van der Waals surface area contributed by atoms with Crippen molar-refractivity contribution in [3.8, 4) is 18.2 Å². The number of nitriles is 3. The molecule has 2 aliphatic rings. The normalized spacial score (nSPS) is 18.2. The van der Waals surface area contributed by atoms with Gasteiger partial charge in [0, 0.05) is 19.9 Å². The molecule has 0 saturated carbocycles. The Labute approximate surface area is 450 Å². The van der Waals surface area contributed by atoms with E-state index < -0.39 is 54.3 Å². The van der Waals surface area contributed by atoms with Gasteiger partial charge < -0.3 is 66.1 Å². The second kappa shape index (κ2) is 34.5. The number of hydrogen-bond donors (Lipinski definition) is 8. The number of rotatable bonds is 12. The standard InChI is InChI=1S/C17H18N4O2S.C14H16N4OS.C5H9NO3.C5H7NO2.C5H11NO2.C3H7NO2.CH4/c1-10(22)17-20-14-8-19-13-5-7-24-16(13)15(14)21(17)11-2-3-12(4-6-18)23-9-11;15-5-3-10-2-1-9(8-19-10)18-13-11(16)7-17-12-4-6-20-14(12)13;1-3(5(6)8)9-4(2)7;1-4(3-6)8-5(2)7;1-3-8-5(6)4(2)7;1-2(5)3(4)6;/h5,7-8,10-12,22H,2-4,9H2,1H3;4,6-7,9-10H,1-3,8,16H2,(H,17,18);3H,1-2H3,(H2,6,8);4H,1-2H3;4,6-7H,3H2,1-2H3;2,5H,1H3,(H2,4,6);1H4/t10-,11+,12?;9-,10?;3-;2*4-;2-;/m101111./s1. The maximum atomic E-state index is 10.2. The van der Waals surface area contributed by atoms with Crippen molar-refractivity contribution in [2.75, 3.05) is 30.9 Å². The Morgan fingerprint density at radius 3 is 1.78 bits per heavy atom. The number of aliphatic hydroxyl groups excluding tert-OH is 3. The van der Waals surface area contributed by atoms with Crippen LogP contribution in [0.3, 0.4) is 0 Å². The van der Waals surface area contributed by atoms with Crippen LogP contribution < -0.4 is 22.5 Å². The molecule has 24 nitrogen and oxygen atoms in total. The quantitative estimate of drug-likeness (QED) is 0.0413. The van der Waals surface area contributed by atoms with E-state index in [0.717, 1.165) is 62.8 Å². The fourth-order valence-corrected chi connectivity index (χ4v) is 8.50. The van der Waals surface area contributed by atoms with Crippen molar-refractivity contribution in [1.82, 2.24) is 19.5 Å². The molecule has 2 aliphatic heterocycles. The van der Waals surface area contributed by atoms with Gasteiger partial charge in [0.2, 0.25) is 11.8 Å². The van der Waals surface area contributed by atoms with Crippen molar-refractivity contribution in [1.29, 1.82) is 21.2 Å². The van der Waals surface area contributed by atoms with Crippen molar-refractivity contribution < 1.29 is 58.2 Å². The number of primary amides is 2. The molecule has 11 N–H and O–H groups in total. The number of anilines is 2. The summed E-state index contributed by atoms with van der Waals surface area (Å²) in [7, 11) is 0. The molecule has 0 aromatic carbocycles. The fraction of sp³-hybridized carbons (Fsp3) is 0.540. The zero-order chi connectivity index (χ0) is 56.4. The number of fused-ring (bicyclic) bond motifs is 4. The summed E-state index contributed by atoms with van der Waals surface area (Å²) in [4.78, 5) is 53.4. The number of hydrogen-bond acceptors (Lipinski definition) is 23. The molecular weight excluding hydrogens is 1020 g/mol. The lowest BCUT2D eigenvalue weighted by Crippen LogP contribution is -2.34. The first-order valence-corrected chi connectivity index (χ1v) is 25.4. The summed E-state index contributed by atoms with van der Waals surface area (Å²) < 4.78 is 29.3. The van der Waals surface area contributed by atoms with Crippen LogP contribution in [-0.4, -0.2) is 127 Å². The number of nitrogens with zero attached hydrogens (tertiary/aromatic N) is 7. The van der Waals surface area contributed by atoms with E-state index in [1.54, 1.807) is 55.0 Å². The molecular formula is C50H72N12O12S2. The van der Waals surface area contributed by atoms with Crippen LogP contribution in [0, 0.1) is 39.4 Å². The lowest BCUT2D eigenvalue weighted by Gasteiger charge is -2.30. The highest BCUT2D eigenvalue weighted by molar-refractivity contribution is 7.18. The summed E-state index contributed by atoms with van der Waals surface area (Å²) in [6.45, 7) is 13.4. The molecule has 0 radical (unpaired) electrons. The van der Waals surface area contributed by atoms with Crippen LogP contribution in [0.2, 0.25) is 0 Å². The number of carbonyl (C=O) groups excluding carboxylic acids is 4. The van der Waals surface area contributed by atoms with Crippen LogP contribution in [-0.2, 0) is 42.9 Å². The molecule has 0 spiro atoms.